The first-order valence-corrected chi connectivity index (χ1v) is 7.38. The van der Waals surface area contributed by atoms with Crippen molar-refractivity contribution in [3.05, 3.63) is 40.5 Å². The highest BCUT2D eigenvalue weighted by Gasteiger charge is 2.45. The van der Waals surface area contributed by atoms with Gasteiger partial charge in [-0.25, -0.2) is 0 Å². The van der Waals surface area contributed by atoms with Crippen molar-refractivity contribution in [2.75, 3.05) is 0 Å². The van der Waals surface area contributed by atoms with Gasteiger partial charge >= 0.3 is 5.97 Å². The fourth-order valence-electron chi connectivity index (χ4n) is 2.81. The van der Waals surface area contributed by atoms with E-state index in [1.165, 1.54) is 0 Å². The van der Waals surface area contributed by atoms with E-state index >= 15 is 0 Å². The predicted molar refractivity (Wildman–Crippen MR) is 77.4 cm³/mol. The van der Waals surface area contributed by atoms with Gasteiger partial charge in [0.05, 0.1) is 0 Å². The van der Waals surface area contributed by atoms with Crippen molar-refractivity contribution in [2.24, 2.45) is 0 Å². The Morgan fingerprint density at radius 2 is 1.90 bits per heavy atom. The Kier molecular flexibility index (Phi) is 3.38. The van der Waals surface area contributed by atoms with E-state index in [0.29, 0.717) is 24.3 Å². The lowest BCUT2D eigenvalue weighted by Gasteiger charge is -2.19. The van der Waals surface area contributed by atoms with Gasteiger partial charge in [0.15, 0.2) is 5.76 Å². The van der Waals surface area contributed by atoms with Gasteiger partial charge in [-0.3, -0.25) is 4.79 Å². The van der Waals surface area contributed by atoms with Crippen LogP contribution in [0.3, 0.4) is 0 Å². The maximum absolute atomic E-state index is 11.6. The molecule has 0 unspecified atom stereocenters. The van der Waals surface area contributed by atoms with Gasteiger partial charge in [-0.1, -0.05) is 46.1 Å². The van der Waals surface area contributed by atoms with Crippen LogP contribution in [0.4, 0.5) is 0 Å². The summed E-state index contributed by atoms with van der Waals surface area (Å²) in [5.41, 5.74) is 0.572. The molecule has 0 spiro atoms. The fourth-order valence-corrected chi connectivity index (χ4v) is 3.07. The minimum atomic E-state index is -0.864. The van der Waals surface area contributed by atoms with Gasteiger partial charge in [-0.05, 0) is 25.0 Å². The number of carbonyl (C=O) groups is 1. The average molecular weight is 336 g/mol. The summed E-state index contributed by atoms with van der Waals surface area (Å²) in [4.78, 5) is 11.6. The van der Waals surface area contributed by atoms with E-state index in [4.69, 9.17) is 4.52 Å². The van der Waals surface area contributed by atoms with Crippen LogP contribution in [0.1, 0.15) is 31.4 Å². The Morgan fingerprint density at radius 3 is 2.50 bits per heavy atom. The summed E-state index contributed by atoms with van der Waals surface area (Å²) >= 11 is 3.38. The molecule has 1 saturated carbocycles. The summed E-state index contributed by atoms with van der Waals surface area (Å²) in [6.45, 7) is 0. The van der Waals surface area contributed by atoms with Crippen LogP contribution < -0.4 is 0 Å². The minimum Gasteiger partial charge on any atom is -0.481 e. The second-order valence-electron chi connectivity index (χ2n) is 5.18. The quantitative estimate of drug-likeness (QED) is 0.920. The van der Waals surface area contributed by atoms with Gasteiger partial charge in [0.1, 0.15) is 11.1 Å². The highest BCUT2D eigenvalue weighted by atomic mass is 79.9. The maximum Gasteiger partial charge on any atom is 0.315 e. The molecule has 1 fully saturated rings. The SMILES string of the molecule is O=C(O)C1(c2cc(-c3ccc(Br)cc3)on2)CCCC1. The van der Waals surface area contributed by atoms with Crippen LogP contribution in [0.5, 0.6) is 0 Å². The van der Waals surface area contributed by atoms with Crippen LogP contribution in [0.2, 0.25) is 0 Å². The number of carboxylic acids is 1. The Hall–Kier alpha value is -1.62. The Bertz CT molecular complexity index is 627. The van der Waals surface area contributed by atoms with Gasteiger partial charge in [0.25, 0.3) is 0 Å². The first-order valence-electron chi connectivity index (χ1n) is 6.58. The lowest BCUT2D eigenvalue weighted by atomic mass is 9.82. The highest BCUT2D eigenvalue weighted by Crippen LogP contribution is 2.41. The van der Waals surface area contributed by atoms with Crippen LogP contribution in [-0.2, 0) is 10.2 Å². The number of rotatable bonds is 3. The molecule has 0 atom stereocenters. The molecule has 4 nitrogen and oxygen atoms in total. The van der Waals surface area contributed by atoms with Crippen LogP contribution in [-0.4, -0.2) is 16.2 Å². The lowest BCUT2D eigenvalue weighted by molar-refractivity contribution is -0.143. The van der Waals surface area contributed by atoms with Crippen molar-refractivity contribution in [3.63, 3.8) is 0 Å². The predicted octanol–water partition coefficient (Wildman–Crippen LogP) is 4.00. The summed E-state index contributed by atoms with van der Waals surface area (Å²) in [6.07, 6.45) is 3.11. The van der Waals surface area contributed by atoms with Crippen molar-refractivity contribution in [2.45, 2.75) is 31.1 Å². The molecule has 2 aromatic rings. The van der Waals surface area contributed by atoms with Gasteiger partial charge in [0, 0.05) is 16.1 Å². The third-order valence-electron chi connectivity index (χ3n) is 4.00. The summed E-state index contributed by atoms with van der Waals surface area (Å²) in [5, 5.41) is 13.6. The lowest BCUT2D eigenvalue weighted by Crippen LogP contribution is -2.32. The third kappa shape index (κ3) is 2.16. The monoisotopic (exact) mass is 335 g/mol. The second kappa shape index (κ2) is 5.05. The van der Waals surface area contributed by atoms with Crippen LogP contribution in [0, 0.1) is 0 Å². The number of hydrogen-bond acceptors (Lipinski definition) is 3. The summed E-state index contributed by atoms with van der Waals surface area (Å²) in [6, 6.07) is 9.43. The molecule has 3 rings (SSSR count). The molecule has 0 amide bonds. The van der Waals surface area contributed by atoms with E-state index in [-0.39, 0.29) is 0 Å². The molecule has 0 saturated heterocycles. The molecule has 1 N–H and O–H groups in total. The van der Waals surface area contributed by atoms with Crippen molar-refractivity contribution >= 4 is 21.9 Å². The topological polar surface area (TPSA) is 63.3 Å². The van der Waals surface area contributed by atoms with Gasteiger partial charge < -0.3 is 9.63 Å². The first-order chi connectivity index (χ1) is 9.62. The number of benzene rings is 1. The molecule has 0 bridgehead atoms. The average Bonchev–Trinajstić information content (AvgIpc) is 3.09. The summed E-state index contributed by atoms with van der Waals surface area (Å²) in [7, 11) is 0. The third-order valence-corrected chi connectivity index (χ3v) is 4.52. The number of halogens is 1. The number of aromatic nitrogens is 1. The molecule has 1 aliphatic rings. The standard InChI is InChI=1S/C15H14BrNO3/c16-11-5-3-10(4-6-11)12-9-13(17-20-12)15(14(18)19)7-1-2-8-15/h3-6,9H,1-2,7-8H2,(H,18,19). The molecule has 20 heavy (non-hydrogen) atoms. The van der Waals surface area contributed by atoms with E-state index in [2.05, 4.69) is 21.1 Å². The van der Waals surface area contributed by atoms with Crippen LogP contribution in [0.25, 0.3) is 11.3 Å². The molecule has 1 aromatic heterocycles. The number of nitrogens with zero attached hydrogens (tertiary/aromatic N) is 1. The normalized spacial score (nSPS) is 17.2. The van der Waals surface area contributed by atoms with E-state index < -0.39 is 11.4 Å². The van der Waals surface area contributed by atoms with Gasteiger partial charge in [-0.2, -0.15) is 0 Å². The Labute approximate surface area is 124 Å². The zero-order chi connectivity index (χ0) is 14.2. The molecule has 5 heteroatoms. The van der Waals surface area contributed by atoms with Crippen molar-refractivity contribution in [1.29, 1.82) is 0 Å². The molecule has 104 valence electrons. The van der Waals surface area contributed by atoms with Crippen molar-refractivity contribution in [3.8, 4) is 11.3 Å². The van der Waals surface area contributed by atoms with E-state index in [1.54, 1.807) is 6.07 Å². The van der Waals surface area contributed by atoms with Gasteiger partial charge in [0.2, 0.25) is 0 Å². The summed E-state index contributed by atoms with van der Waals surface area (Å²) < 4.78 is 6.33. The van der Waals surface area contributed by atoms with Crippen molar-refractivity contribution in [1.82, 2.24) is 5.16 Å². The zero-order valence-corrected chi connectivity index (χ0v) is 12.4. The molecule has 0 aliphatic heterocycles. The van der Waals surface area contributed by atoms with Crippen LogP contribution >= 0.6 is 15.9 Å². The smallest absolute Gasteiger partial charge is 0.315 e. The molecule has 0 radical (unpaired) electrons. The maximum atomic E-state index is 11.6. The minimum absolute atomic E-state index is 0.542. The number of aliphatic carboxylic acids is 1. The summed E-state index contributed by atoms with van der Waals surface area (Å²) in [5.74, 6) is -0.189. The molecular formula is C15H14BrNO3. The van der Waals surface area contributed by atoms with E-state index in [0.717, 1.165) is 22.9 Å². The van der Waals surface area contributed by atoms with Gasteiger partial charge in [-0.15, -0.1) is 0 Å². The van der Waals surface area contributed by atoms with E-state index in [1.807, 2.05) is 24.3 Å². The van der Waals surface area contributed by atoms with Crippen molar-refractivity contribution < 1.29 is 14.4 Å². The highest BCUT2D eigenvalue weighted by molar-refractivity contribution is 9.10. The Balaban J connectivity index is 1.97. The second-order valence-corrected chi connectivity index (χ2v) is 6.09. The molecule has 1 aliphatic carbocycles. The van der Waals surface area contributed by atoms with E-state index in [9.17, 15) is 9.90 Å². The first kappa shape index (κ1) is 13.4. The number of hydrogen-bond donors (Lipinski definition) is 1. The zero-order valence-electron chi connectivity index (χ0n) is 10.8. The largest absolute Gasteiger partial charge is 0.481 e. The molecule has 1 heterocycles. The fraction of sp³-hybridized carbons (Fsp3) is 0.333. The van der Waals surface area contributed by atoms with Crippen LogP contribution in [0.15, 0.2) is 39.3 Å². The Morgan fingerprint density at radius 1 is 1.25 bits per heavy atom. The number of carboxylic acid groups (broad SMARTS) is 1. The molecular weight excluding hydrogens is 322 g/mol. The molecule has 1 aromatic carbocycles.